The number of carbonyl (C=O) groups excluding carboxylic acids is 1. The van der Waals surface area contributed by atoms with Crippen LogP contribution in [0.15, 0.2) is 29.9 Å². The van der Waals surface area contributed by atoms with E-state index < -0.39 is 0 Å². The van der Waals surface area contributed by atoms with E-state index in [1.807, 2.05) is 24.4 Å². The maximum absolute atomic E-state index is 12.4. The smallest absolute Gasteiger partial charge is 0.206 e. The molecule has 18 heavy (non-hydrogen) atoms. The molecule has 0 saturated carbocycles. The summed E-state index contributed by atoms with van der Waals surface area (Å²) in [6.45, 7) is 1.90. The Labute approximate surface area is 112 Å². The zero-order valence-corrected chi connectivity index (χ0v) is 11.1. The molecule has 3 aromatic heterocycles. The number of ketones is 1. The van der Waals surface area contributed by atoms with Gasteiger partial charge in [0.05, 0.1) is 15.5 Å². The van der Waals surface area contributed by atoms with Gasteiger partial charge in [-0.2, -0.15) is 0 Å². The monoisotopic (exact) mass is 276 g/mol. The van der Waals surface area contributed by atoms with E-state index in [-0.39, 0.29) is 5.78 Å². The number of fused-ring (bicyclic) bond motifs is 1. The first-order chi connectivity index (χ1) is 8.68. The molecule has 3 aromatic rings. The summed E-state index contributed by atoms with van der Waals surface area (Å²) in [5.74, 6) is -0.0580. The van der Waals surface area contributed by atoms with Gasteiger partial charge >= 0.3 is 0 Å². The summed E-state index contributed by atoms with van der Waals surface area (Å²) in [4.78, 5) is 20.2. The molecule has 0 bridgehead atoms. The Balaban J connectivity index is 2.15. The highest BCUT2D eigenvalue weighted by molar-refractivity contribution is 7.13. The van der Waals surface area contributed by atoms with E-state index >= 15 is 0 Å². The third-order valence-electron chi connectivity index (χ3n) is 2.80. The molecule has 1 N–H and O–H groups in total. The van der Waals surface area contributed by atoms with Crippen LogP contribution in [-0.4, -0.2) is 15.8 Å². The van der Waals surface area contributed by atoms with Crippen molar-refractivity contribution in [3.05, 3.63) is 50.9 Å². The molecule has 0 spiro atoms. The molecule has 0 radical (unpaired) electrons. The van der Waals surface area contributed by atoms with Gasteiger partial charge in [-0.3, -0.25) is 4.79 Å². The third-order valence-corrected chi connectivity index (χ3v) is 4.50. The number of aromatic amines is 1. The number of halogens is 1. The van der Waals surface area contributed by atoms with Crippen LogP contribution in [0.25, 0.3) is 11.0 Å². The molecule has 3 rings (SSSR count). The van der Waals surface area contributed by atoms with Crippen LogP contribution in [0.3, 0.4) is 0 Å². The number of hydrogen-bond acceptors (Lipinski definition) is 3. The maximum Gasteiger partial charge on any atom is 0.206 e. The predicted octanol–water partition coefficient (Wildman–Crippen LogP) is 3.82. The Kier molecular flexibility index (Phi) is 2.69. The molecule has 0 fully saturated rings. The Morgan fingerprint density at radius 1 is 1.50 bits per heavy atom. The van der Waals surface area contributed by atoms with Gasteiger partial charge < -0.3 is 4.98 Å². The summed E-state index contributed by atoms with van der Waals surface area (Å²) < 4.78 is 0. The third kappa shape index (κ3) is 1.65. The van der Waals surface area contributed by atoms with E-state index in [4.69, 9.17) is 11.6 Å². The molecule has 0 aliphatic carbocycles. The van der Waals surface area contributed by atoms with Crippen LogP contribution in [0.5, 0.6) is 0 Å². The quantitative estimate of drug-likeness (QED) is 0.723. The minimum atomic E-state index is -0.0580. The van der Waals surface area contributed by atoms with E-state index in [0.717, 1.165) is 10.9 Å². The van der Waals surface area contributed by atoms with Crippen molar-refractivity contribution in [2.24, 2.45) is 0 Å². The largest absolute Gasteiger partial charge is 0.345 e. The van der Waals surface area contributed by atoms with Gasteiger partial charge in [0.1, 0.15) is 5.65 Å². The second-order valence-corrected chi connectivity index (χ2v) is 5.25. The van der Waals surface area contributed by atoms with Crippen LogP contribution in [-0.2, 0) is 0 Å². The fourth-order valence-electron chi connectivity index (χ4n) is 1.85. The van der Waals surface area contributed by atoms with E-state index in [9.17, 15) is 4.79 Å². The molecule has 3 heterocycles. The number of thiophene rings is 1. The average molecular weight is 277 g/mol. The standard InChI is InChI=1S/C13H9ClN2OS/c1-7-6-18-12(10(7)14)11(17)9-5-16-13-8(9)3-2-4-15-13/h2-6H,1H3,(H,15,16). The number of aromatic nitrogens is 2. The van der Waals surface area contributed by atoms with Gasteiger partial charge in [0.25, 0.3) is 0 Å². The summed E-state index contributed by atoms with van der Waals surface area (Å²) in [7, 11) is 0. The van der Waals surface area contributed by atoms with Gasteiger partial charge in [-0.1, -0.05) is 11.6 Å². The molecule has 0 aliphatic rings. The van der Waals surface area contributed by atoms with E-state index in [0.29, 0.717) is 21.1 Å². The second-order valence-electron chi connectivity index (χ2n) is 3.99. The van der Waals surface area contributed by atoms with Crippen LogP contribution < -0.4 is 0 Å². The fourth-order valence-corrected chi connectivity index (χ4v) is 3.08. The zero-order chi connectivity index (χ0) is 12.7. The number of pyridine rings is 1. The van der Waals surface area contributed by atoms with E-state index in [1.54, 1.807) is 12.4 Å². The van der Waals surface area contributed by atoms with Crippen molar-refractivity contribution in [2.45, 2.75) is 6.92 Å². The molecule has 0 aliphatic heterocycles. The summed E-state index contributed by atoms with van der Waals surface area (Å²) in [5.41, 5.74) is 2.26. The minimum Gasteiger partial charge on any atom is -0.345 e. The molecule has 5 heteroatoms. The SMILES string of the molecule is Cc1csc(C(=O)c2c[nH]c3ncccc23)c1Cl. The summed E-state index contributed by atoms with van der Waals surface area (Å²) >= 11 is 7.51. The minimum absolute atomic E-state index is 0.0580. The molecule has 0 atom stereocenters. The number of rotatable bonds is 2. The molecular formula is C13H9ClN2OS. The van der Waals surface area contributed by atoms with Crippen molar-refractivity contribution in [1.82, 2.24) is 9.97 Å². The lowest BCUT2D eigenvalue weighted by Crippen LogP contribution is -1.98. The van der Waals surface area contributed by atoms with Crippen molar-refractivity contribution in [2.75, 3.05) is 0 Å². The van der Waals surface area contributed by atoms with Gasteiger partial charge in [0.15, 0.2) is 0 Å². The first-order valence-electron chi connectivity index (χ1n) is 5.39. The maximum atomic E-state index is 12.4. The van der Waals surface area contributed by atoms with Crippen molar-refractivity contribution in [3.8, 4) is 0 Å². The average Bonchev–Trinajstić information content (AvgIpc) is 2.94. The molecule has 0 aromatic carbocycles. The fraction of sp³-hybridized carbons (Fsp3) is 0.0769. The van der Waals surface area contributed by atoms with Gasteiger partial charge in [-0.25, -0.2) is 4.98 Å². The zero-order valence-electron chi connectivity index (χ0n) is 9.53. The number of aryl methyl sites for hydroxylation is 1. The highest BCUT2D eigenvalue weighted by atomic mass is 35.5. The Morgan fingerprint density at radius 3 is 3.06 bits per heavy atom. The first kappa shape index (κ1) is 11.4. The molecule has 0 saturated heterocycles. The van der Waals surface area contributed by atoms with Crippen LogP contribution in [0.2, 0.25) is 5.02 Å². The Hall–Kier alpha value is -1.65. The lowest BCUT2D eigenvalue weighted by molar-refractivity contribution is 0.104. The molecule has 0 amide bonds. The lowest BCUT2D eigenvalue weighted by Gasteiger charge is -1.97. The van der Waals surface area contributed by atoms with Crippen molar-refractivity contribution < 1.29 is 4.79 Å². The van der Waals surface area contributed by atoms with E-state index in [2.05, 4.69) is 9.97 Å². The van der Waals surface area contributed by atoms with Crippen molar-refractivity contribution >= 4 is 39.8 Å². The highest BCUT2D eigenvalue weighted by Gasteiger charge is 2.19. The number of nitrogens with one attached hydrogen (secondary N) is 1. The van der Waals surface area contributed by atoms with Crippen LogP contribution in [0.4, 0.5) is 0 Å². The number of nitrogens with zero attached hydrogens (tertiary/aromatic N) is 1. The van der Waals surface area contributed by atoms with Crippen LogP contribution in [0.1, 0.15) is 20.8 Å². The molecular weight excluding hydrogens is 268 g/mol. The number of H-pyrrole nitrogens is 1. The Bertz CT molecular complexity index is 744. The van der Waals surface area contributed by atoms with Crippen molar-refractivity contribution in [1.29, 1.82) is 0 Å². The summed E-state index contributed by atoms with van der Waals surface area (Å²) in [5, 5.41) is 3.26. The second kappa shape index (κ2) is 4.23. The summed E-state index contributed by atoms with van der Waals surface area (Å²) in [6.07, 6.45) is 3.38. The highest BCUT2D eigenvalue weighted by Crippen LogP contribution is 2.30. The lowest BCUT2D eigenvalue weighted by atomic mass is 10.1. The number of hydrogen-bond donors (Lipinski definition) is 1. The normalized spacial score (nSPS) is 11.0. The van der Waals surface area contributed by atoms with Crippen molar-refractivity contribution in [3.63, 3.8) is 0 Å². The van der Waals surface area contributed by atoms with Gasteiger partial charge in [0, 0.05) is 17.8 Å². The van der Waals surface area contributed by atoms with E-state index in [1.165, 1.54) is 11.3 Å². The number of carbonyl (C=O) groups is 1. The van der Waals surface area contributed by atoms with Crippen LogP contribution >= 0.6 is 22.9 Å². The molecule has 0 unspecified atom stereocenters. The Morgan fingerprint density at radius 2 is 2.33 bits per heavy atom. The van der Waals surface area contributed by atoms with Gasteiger partial charge in [-0.05, 0) is 30.0 Å². The topological polar surface area (TPSA) is 45.8 Å². The molecule has 90 valence electrons. The first-order valence-corrected chi connectivity index (χ1v) is 6.64. The van der Waals surface area contributed by atoms with Crippen LogP contribution in [0, 0.1) is 6.92 Å². The van der Waals surface area contributed by atoms with Gasteiger partial charge in [0.2, 0.25) is 5.78 Å². The summed E-state index contributed by atoms with van der Waals surface area (Å²) in [6, 6.07) is 3.69. The van der Waals surface area contributed by atoms with Gasteiger partial charge in [-0.15, -0.1) is 11.3 Å². The predicted molar refractivity (Wildman–Crippen MR) is 73.6 cm³/mol. The molecule has 3 nitrogen and oxygen atoms in total.